The van der Waals surface area contributed by atoms with Gasteiger partial charge in [0.05, 0.1) is 0 Å². The van der Waals surface area contributed by atoms with Crippen LogP contribution in [-0.2, 0) is 0 Å². The Bertz CT molecular complexity index is 139. The van der Waals surface area contributed by atoms with Crippen LogP contribution in [0.2, 0.25) is 17.1 Å². The molecular formula is C13H26Si. The molecule has 0 saturated heterocycles. The molecule has 0 nitrogen and oxygen atoms in total. The number of hydrogen-bond acceptors (Lipinski definition) is 0. The van der Waals surface area contributed by atoms with Gasteiger partial charge in [-0.3, -0.25) is 0 Å². The molecule has 0 radical (unpaired) electrons. The van der Waals surface area contributed by atoms with E-state index in [1.54, 1.807) is 57.4 Å². The van der Waals surface area contributed by atoms with E-state index < -0.39 is 0 Å². The van der Waals surface area contributed by atoms with Crippen molar-refractivity contribution in [2.24, 2.45) is 0 Å². The molecule has 2 aliphatic carbocycles. The van der Waals surface area contributed by atoms with Gasteiger partial charge in [0.2, 0.25) is 0 Å². The molecule has 2 aliphatic rings. The Morgan fingerprint density at radius 1 is 0.857 bits per heavy atom. The van der Waals surface area contributed by atoms with Gasteiger partial charge in [-0.15, -0.1) is 0 Å². The predicted molar refractivity (Wildman–Crippen MR) is 66.7 cm³/mol. The molecule has 0 amide bonds. The van der Waals surface area contributed by atoms with Crippen LogP contribution >= 0.6 is 0 Å². The third-order valence-electron chi connectivity index (χ3n) is 4.63. The van der Waals surface area contributed by atoms with Crippen molar-refractivity contribution in [3.05, 3.63) is 0 Å². The van der Waals surface area contributed by atoms with Crippen LogP contribution in [-0.4, -0.2) is 8.80 Å². The minimum Gasteiger partial charge on any atom is -0.0657 e. The normalized spacial score (nSPS) is 25.3. The second-order valence-corrected chi connectivity index (χ2v) is 9.33. The third-order valence-corrected chi connectivity index (χ3v) is 9.63. The summed E-state index contributed by atoms with van der Waals surface area (Å²) in [5.74, 6) is 0. The van der Waals surface area contributed by atoms with Gasteiger partial charge in [0.1, 0.15) is 0 Å². The average Bonchev–Trinajstić information content (AvgIpc) is 2.87. The van der Waals surface area contributed by atoms with Crippen LogP contribution in [0, 0.1) is 0 Å². The first-order valence-electron chi connectivity index (χ1n) is 6.92. The maximum absolute atomic E-state index is 2.41. The number of rotatable bonds is 4. The summed E-state index contributed by atoms with van der Waals surface area (Å²) in [6.45, 7) is 2.41. The lowest BCUT2D eigenvalue weighted by Gasteiger charge is -2.27. The molecule has 0 atom stereocenters. The van der Waals surface area contributed by atoms with Gasteiger partial charge >= 0.3 is 0 Å². The largest absolute Gasteiger partial charge is 0.0657 e. The van der Waals surface area contributed by atoms with E-state index in [-0.39, 0.29) is 8.80 Å². The molecular weight excluding hydrogens is 184 g/mol. The minimum atomic E-state index is -0.339. The summed E-state index contributed by atoms with van der Waals surface area (Å²) >= 11 is 0. The Morgan fingerprint density at radius 3 is 1.64 bits per heavy atom. The van der Waals surface area contributed by atoms with Crippen molar-refractivity contribution in [1.82, 2.24) is 0 Å². The van der Waals surface area contributed by atoms with E-state index >= 15 is 0 Å². The summed E-state index contributed by atoms with van der Waals surface area (Å²) in [6, 6.07) is 1.66. The number of hydrogen-bond donors (Lipinski definition) is 0. The van der Waals surface area contributed by atoms with E-state index in [1.807, 2.05) is 0 Å². The molecule has 0 aromatic carbocycles. The molecule has 0 spiro atoms. The molecule has 2 rings (SSSR count). The van der Waals surface area contributed by atoms with Crippen molar-refractivity contribution >= 4 is 8.80 Å². The molecule has 2 saturated carbocycles. The van der Waals surface area contributed by atoms with Crippen molar-refractivity contribution in [2.75, 3.05) is 0 Å². The van der Waals surface area contributed by atoms with Gasteiger partial charge in [0.15, 0.2) is 0 Å². The summed E-state index contributed by atoms with van der Waals surface area (Å²) in [6.07, 6.45) is 14.2. The SMILES string of the molecule is CCC[SiH](C1CCCC1)C1CCCC1. The van der Waals surface area contributed by atoms with Crippen LogP contribution in [0.4, 0.5) is 0 Å². The molecule has 14 heavy (non-hydrogen) atoms. The lowest BCUT2D eigenvalue weighted by atomic mass is 10.3. The van der Waals surface area contributed by atoms with Crippen LogP contribution in [0.25, 0.3) is 0 Å². The summed E-state index contributed by atoms with van der Waals surface area (Å²) < 4.78 is 0. The second kappa shape index (κ2) is 5.34. The summed E-state index contributed by atoms with van der Waals surface area (Å²) in [7, 11) is -0.339. The topological polar surface area (TPSA) is 0 Å². The fourth-order valence-corrected chi connectivity index (χ4v) is 9.00. The summed E-state index contributed by atoms with van der Waals surface area (Å²) in [4.78, 5) is 0. The van der Waals surface area contributed by atoms with Crippen LogP contribution in [0.5, 0.6) is 0 Å². The lowest BCUT2D eigenvalue weighted by Crippen LogP contribution is -2.24. The van der Waals surface area contributed by atoms with E-state index in [9.17, 15) is 0 Å². The Balaban J connectivity index is 1.91. The van der Waals surface area contributed by atoms with E-state index in [2.05, 4.69) is 6.92 Å². The van der Waals surface area contributed by atoms with Gasteiger partial charge in [0, 0.05) is 8.80 Å². The predicted octanol–water partition coefficient (Wildman–Crippen LogP) is 4.51. The molecule has 1 heteroatoms. The standard InChI is InChI=1S/C13H26Si/c1-2-11-14(12-7-3-4-8-12)13-9-5-6-10-13/h12-14H,2-11H2,1H3. The highest BCUT2D eigenvalue weighted by Crippen LogP contribution is 2.44. The lowest BCUT2D eigenvalue weighted by molar-refractivity contribution is 0.757. The minimum absolute atomic E-state index is 0.339. The molecule has 0 N–H and O–H groups in total. The first-order valence-corrected chi connectivity index (χ1v) is 9.06. The fourth-order valence-electron chi connectivity index (χ4n) is 3.96. The maximum Gasteiger partial charge on any atom is 0.0430 e. The van der Waals surface area contributed by atoms with Gasteiger partial charge in [0.25, 0.3) is 0 Å². The zero-order valence-electron chi connectivity index (χ0n) is 9.80. The van der Waals surface area contributed by atoms with Crippen molar-refractivity contribution in [3.8, 4) is 0 Å². The maximum atomic E-state index is 2.41. The van der Waals surface area contributed by atoms with Crippen molar-refractivity contribution in [1.29, 1.82) is 0 Å². The highest BCUT2D eigenvalue weighted by Gasteiger charge is 2.33. The Hall–Kier alpha value is 0.217. The Morgan fingerprint density at radius 2 is 1.29 bits per heavy atom. The molecule has 82 valence electrons. The van der Waals surface area contributed by atoms with Crippen LogP contribution in [0.15, 0.2) is 0 Å². The Labute approximate surface area is 91.1 Å². The van der Waals surface area contributed by atoms with Gasteiger partial charge in [-0.25, -0.2) is 0 Å². The van der Waals surface area contributed by atoms with E-state index in [4.69, 9.17) is 0 Å². The van der Waals surface area contributed by atoms with Crippen LogP contribution < -0.4 is 0 Å². The van der Waals surface area contributed by atoms with E-state index in [1.165, 1.54) is 17.5 Å². The molecule has 0 aromatic rings. The summed E-state index contributed by atoms with van der Waals surface area (Å²) in [5.41, 5.74) is 2.52. The van der Waals surface area contributed by atoms with Crippen LogP contribution in [0.3, 0.4) is 0 Å². The fraction of sp³-hybridized carbons (Fsp3) is 1.00. The molecule has 0 aliphatic heterocycles. The second-order valence-electron chi connectivity index (χ2n) is 5.54. The van der Waals surface area contributed by atoms with Crippen molar-refractivity contribution in [2.45, 2.75) is 81.8 Å². The zero-order valence-corrected chi connectivity index (χ0v) is 11.0. The van der Waals surface area contributed by atoms with Crippen LogP contribution in [0.1, 0.15) is 64.7 Å². The van der Waals surface area contributed by atoms with Gasteiger partial charge in [-0.1, -0.05) is 70.8 Å². The highest BCUT2D eigenvalue weighted by molar-refractivity contribution is 6.62. The first kappa shape index (κ1) is 10.7. The Kier molecular flexibility index (Phi) is 4.09. The molecule has 0 bridgehead atoms. The molecule has 2 fully saturated rings. The van der Waals surface area contributed by atoms with Gasteiger partial charge < -0.3 is 0 Å². The van der Waals surface area contributed by atoms with Gasteiger partial charge in [-0.2, -0.15) is 0 Å². The van der Waals surface area contributed by atoms with Gasteiger partial charge in [-0.05, 0) is 11.1 Å². The quantitative estimate of drug-likeness (QED) is 0.599. The monoisotopic (exact) mass is 210 g/mol. The molecule has 0 unspecified atom stereocenters. The van der Waals surface area contributed by atoms with E-state index in [0.717, 1.165) is 0 Å². The smallest absolute Gasteiger partial charge is 0.0430 e. The van der Waals surface area contributed by atoms with Crippen molar-refractivity contribution in [3.63, 3.8) is 0 Å². The molecule has 0 heterocycles. The first-order chi connectivity index (χ1) is 6.92. The van der Waals surface area contributed by atoms with E-state index in [0.29, 0.717) is 0 Å². The average molecular weight is 210 g/mol. The zero-order chi connectivity index (χ0) is 9.80. The third kappa shape index (κ3) is 2.42. The molecule has 0 aromatic heterocycles. The highest BCUT2D eigenvalue weighted by atomic mass is 28.3. The summed E-state index contributed by atoms with van der Waals surface area (Å²) in [5, 5.41) is 0. The van der Waals surface area contributed by atoms with Crippen molar-refractivity contribution < 1.29 is 0 Å².